The molecule has 0 fully saturated rings. The average molecular weight is 238 g/mol. The second-order valence-corrected chi connectivity index (χ2v) is 3.69. The minimum absolute atomic E-state index is 0.314. The summed E-state index contributed by atoms with van der Waals surface area (Å²) in [5, 5.41) is 1.03. The van der Waals surface area contributed by atoms with Gasteiger partial charge < -0.3 is 5.73 Å². The van der Waals surface area contributed by atoms with Gasteiger partial charge in [-0.15, -0.1) is 0 Å². The van der Waals surface area contributed by atoms with Crippen molar-refractivity contribution in [2.75, 3.05) is 5.73 Å². The van der Waals surface area contributed by atoms with E-state index in [1.54, 1.807) is 6.20 Å². The number of rotatable bonds is 0. The molecule has 0 saturated carbocycles. The fourth-order valence-corrected chi connectivity index (χ4v) is 1.58. The predicted molar refractivity (Wildman–Crippen MR) is 56.4 cm³/mol. The minimum atomic E-state index is 0.314. The molecular formula is C9H8BrN3. The van der Waals surface area contributed by atoms with E-state index in [0.717, 1.165) is 20.9 Å². The summed E-state index contributed by atoms with van der Waals surface area (Å²) in [6, 6.07) is 3.88. The van der Waals surface area contributed by atoms with E-state index < -0.39 is 0 Å². The summed E-state index contributed by atoms with van der Waals surface area (Å²) >= 11 is 3.45. The highest BCUT2D eigenvalue weighted by Crippen LogP contribution is 2.23. The van der Waals surface area contributed by atoms with Crippen LogP contribution in [0.3, 0.4) is 0 Å². The largest absolute Gasteiger partial charge is 0.368 e. The van der Waals surface area contributed by atoms with Gasteiger partial charge in [0.1, 0.15) is 0 Å². The number of hydrogen-bond acceptors (Lipinski definition) is 3. The summed E-state index contributed by atoms with van der Waals surface area (Å²) < 4.78 is 1.06. The van der Waals surface area contributed by atoms with Crippen molar-refractivity contribution in [3.05, 3.63) is 28.4 Å². The number of aromatic nitrogens is 2. The molecule has 1 heterocycles. The molecular weight excluding hydrogens is 230 g/mol. The van der Waals surface area contributed by atoms with Crippen molar-refractivity contribution < 1.29 is 0 Å². The van der Waals surface area contributed by atoms with Crippen LogP contribution in [0.2, 0.25) is 0 Å². The second kappa shape index (κ2) is 2.96. The van der Waals surface area contributed by atoms with Crippen molar-refractivity contribution in [2.24, 2.45) is 0 Å². The summed E-state index contributed by atoms with van der Waals surface area (Å²) in [7, 11) is 0. The molecule has 0 aliphatic rings. The third-order valence-electron chi connectivity index (χ3n) is 1.99. The highest BCUT2D eigenvalue weighted by atomic mass is 79.9. The van der Waals surface area contributed by atoms with Gasteiger partial charge in [0.2, 0.25) is 5.95 Å². The Hall–Kier alpha value is -1.16. The molecule has 1 aromatic heterocycles. The molecule has 3 nitrogen and oxygen atoms in total. The van der Waals surface area contributed by atoms with Crippen LogP contribution in [0.4, 0.5) is 5.95 Å². The Kier molecular flexibility index (Phi) is 1.92. The maximum absolute atomic E-state index is 5.48. The van der Waals surface area contributed by atoms with Crippen LogP contribution in [0, 0.1) is 6.92 Å². The van der Waals surface area contributed by atoms with Gasteiger partial charge in [0.25, 0.3) is 0 Å². The number of nitrogens with two attached hydrogens (primary N) is 1. The molecule has 2 aromatic rings. The van der Waals surface area contributed by atoms with Crippen molar-refractivity contribution in [1.29, 1.82) is 0 Å². The van der Waals surface area contributed by atoms with Crippen LogP contribution in [0.25, 0.3) is 10.9 Å². The molecule has 0 amide bonds. The minimum Gasteiger partial charge on any atom is -0.368 e. The molecule has 66 valence electrons. The maximum atomic E-state index is 5.48. The zero-order valence-corrected chi connectivity index (χ0v) is 8.67. The molecule has 0 aliphatic heterocycles. The summed E-state index contributed by atoms with van der Waals surface area (Å²) in [5.41, 5.74) is 7.50. The lowest BCUT2D eigenvalue weighted by molar-refractivity contribution is 1.23. The van der Waals surface area contributed by atoms with Gasteiger partial charge in [-0.3, -0.25) is 0 Å². The number of aryl methyl sites for hydroxylation is 1. The van der Waals surface area contributed by atoms with Crippen molar-refractivity contribution in [3.63, 3.8) is 0 Å². The third-order valence-corrected chi connectivity index (χ3v) is 2.85. The molecule has 13 heavy (non-hydrogen) atoms. The Labute approximate surface area is 84.1 Å². The summed E-state index contributed by atoms with van der Waals surface area (Å²) in [4.78, 5) is 8.08. The molecule has 0 radical (unpaired) electrons. The van der Waals surface area contributed by atoms with Crippen molar-refractivity contribution in [3.8, 4) is 0 Å². The molecule has 1 aromatic carbocycles. The van der Waals surface area contributed by atoms with Crippen LogP contribution in [0.5, 0.6) is 0 Å². The number of halogens is 1. The standard InChI is InChI=1S/C9H8BrN3/c1-5-6-4-12-9(11)13-8(6)3-2-7(5)10/h2-4H,1H3,(H2,11,12,13). The number of benzene rings is 1. The van der Waals surface area contributed by atoms with E-state index in [0.29, 0.717) is 5.95 Å². The first-order valence-electron chi connectivity index (χ1n) is 3.86. The first kappa shape index (κ1) is 8.44. The summed E-state index contributed by atoms with van der Waals surface area (Å²) in [6.07, 6.45) is 1.75. The molecule has 0 saturated heterocycles. The van der Waals surface area contributed by atoms with E-state index in [2.05, 4.69) is 25.9 Å². The Morgan fingerprint density at radius 2 is 2.15 bits per heavy atom. The van der Waals surface area contributed by atoms with Gasteiger partial charge in [0.05, 0.1) is 5.52 Å². The second-order valence-electron chi connectivity index (χ2n) is 2.83. The van der Waals surface area contributed by atoms with Crippen molar-refractivity contribution in [2.45, 2.75) is 6.92 Å². The van der Waals surface area contributed by atoms with Gasteiger partial charge >= 0.3 is 0 Å². The highest BCUT2D eigenvalue weighted by molar-refractivity contribution is 9.10. The lowest BCUT2D eigenvalue weighted by atomic mass is 10.1. The molecule has 0 spiro atoms. The van der Waals surface area contributed by atoms with Gasteiger partial charge in [-0.1, -0.05) is 15.9 Å². The van der Waals surface area contributed by atoms with Crippen LogP contribution in [0.1, 0.15) is 5.56 Å². The van der Waals surface area contributed by atoms with Crippen LogP contribution in [-0.2, 0) is 0 Å². The monoisotopic (exact) mass is 237 g/mol. The van der Waals surface area contributed by atoms with E-state index in [1.165, 1.54) is 0 Å². The third kappa shape index (κ3) is 1.37. The molecule has 0 atom stereocenters. The molecule has 0 aliphatic carbocycles. The van der Waals surface area contributed by atoms with E-state index in [4.69, 9.17) is 5.73 Å². The Morgan fingerprint density at radius 1 is 1.38 bits per heavy atom. The topological polar surface area (TPSA) is 51.8 Å². The Bertz CT molecular complexity index is 468. The maximum Gasteiger partial charge on any atom is 0.220 e. The van der Waals surface area contributed by atoms with Crippen molar-refractivity contribution in [1.82, 2.24) is 9.97 Å². The van der Waals surface area contributed by atoms with E-state index >= 15 is 0 Å². The van der Waals surface area contributed by atoms with Crippen LogP contribution >= 0.6 is 15.9 Å². The van der Waals surface area contributed by atoms with E-state index in [-0.39, 0.29) is 0 Å². The first-order chi connectivity index (χ1) is 6.18. The quantitative estimate of drug-likeness (QED) is 0.765. The lowest BCUT2D eigenvalue weighted by Crippen LogP contribution is -1.94. The highest BCUT2D eigenvalue weighted by Gasteiger charge is 2.02. The fraction of sp³-hybridized carbons (Fsp3) is 0.111. The van der Waals surface area contributed by atoms with Gasteiger partial charge in [-0.25, -0.2) is 9.97 Å². The van der Waals surface area contributed by atoms with Gasteiger partial charge in [0.15, 0.2) is 0 Å². The average Bonchev–Trinajstić information content (AvgIpc) is 2.12. The van der Waals surface area contributed by atoms with Gasteiger partial charge in [-0.05, 0) is 24.6 Å². The number of nitrogen functional groups attached to an aromatic ring is 1. The predicted octanol–water partition coefficient (Wildman–Crippen LogP) is 2.28. The number of nitrogens with zero attached hydrogens (tertiary/aromatic N) is 2. The van der Waals surface area contributed by atoms with Crippen LogP contribution in [0.15, 0.2) is 22.8 Å². The van der Waals surface area contributed by atoms with E-state index in [9.17, 15) is 0 Å². The van der Waals surface area contributed by atoms with Crippen LogP contribution in [-0.4, -0.2) is 9.97 Å². The normalized spacial score (nSPS) is 10.6. The fourth-order valence-electron chi connectivity index (χ4n) is 1.23. The smallest absolute Gasteiger partial charge is 0.220 e. The summed E-state index contributed by atoms with van der Waals surface area (Å²) in [5.74, 6) is 0.314. The molecule has 0 unspecified atom stereocenters. The first-order valence-corrected chi connectivity index (χ1v) is 4.65. The zero-order valence-electron chi connectivity index (χ0n) is 7.08. The van der Waals surface area contributed by atoms with Gasteiger partial charge in [0, 0.05) is 16.1 Å². The molecule has 2 rings (SSSR count). The van der Waals surface area contributed by atoms with Gasteiger partial charge in [-0.2, -0.15) is 0 Å². The Balaban J connectivity index is 2.87. The molecule has 4 heteroatoms. The molecule has 0 bridgehead atoms. The zero-order chi connectivity index (χ0) is 9.42. The van der Waals surface area contributed by atoms with Crippen LogP contribution < -0.4 is 5.73 Å². The number of fused-ring (bicyclic) bond motifs is 1. The Morgan fingerprint density at radius 3 is 2.92 bits per heavy atom. The summed E-state index contributed by atoms with van der Waals surface area (Å²) in [6.45, 7) is 2.02. The number of hydrogen-bond donors (Lipinski definition) is 1. The van der Waals surface area contributed by atoms with E-state index in [1.807, 2.05) is 19.1 Å². The lowest BCUT2D eigenvalue weighted by Gasteiger charge is -2.03. The SMILES string of the molecule is Cc1c(Br)ccc2nc(N)ncc12. The molecule has 2 N–H and O–H groups in total. The van der Waals surface area contributed by atoms with Crippen molar-refractivity contribution >= 4 is 32.8 Å². The number of anilines is 1.